The zero-order valence-corrected chi connectivity index (χ0v) is 27.3. The molecule has 1 spiro atoms. The van der Waals surface area contributed by atoms with Crippen molar-refractivity contribution >= 4 is 17.9 Å². The van der Waals surface area contributed by atoms with Gasteiger partial charge in [0.1, 0.15) is 18.1 Å². The molecular weight excluding hydrogens is 606 g/mol. The van der Waals surface area contributed by atoms with Gasteiger partial charge in [0.25, 0.3) is 0 Å². The van der Waals surface area contributed by atoms with E-state index in [2.05, 4.69) is 36.2 Å². The maximum Gasteiger partial charge on any atom is 0.514 e. The van der Waals surface area contributed by atoms with E-state index in [0.29, 0.717) is 38.0 Å². The first-order valence-corrected chi connectivity index (χ1v) is 17.1. The summed E-state index contributed by atoms with van der Waals surface area (Å²) in [5.74, 6) is 1.32. The number of nitro groups is 1. The molecule has 6 atom stereocenters. The van der Waals surface area contributed by atoms with Gasteiger partial charge in [-0.2, -0.15) is 0 Å². The summed E-state index contributed by atoms with van der Waals surface area (Å²) < 4.78 is 17.3. The molecule has 1 heterocycles. The van der Waals surface area contributed by atoms with Crippen LogP contribution in [0.15, 0.2) is 89.5 Å². The zero-order valence-electron chi connectivity index (χ0n) is 26.5. The van der Waals surface area contributed by atoms with Crippen molar-refractivity contribution < 1.29 is 29.0 Å². The molecule has 11 heteroatoms. The number of carbonyl (C=O) groups is 1. The Bertz CT molecular complexity index is 1350. The molecule has 2 fully saturated rings. The molecule has 1 aliphatic heterocycles. The van der Waals surface area contributed by atoms with Crippen LogP contribution in [-0.2, 0) is 20.6 Å². The van der Waals surface area contributed by atoms with Gasteiger partial charge in [-0.1, -0.05) is 62.4 Å². The van der Waals surface area contributed by atoms with E-state index >= 15 is 0 Å². The molecule has 2 aromatic carbocycles. The molecule has 2 aromatic rings. The minimum absolute atomic E-state index is 0.0103. The SMILES string of the molecule is CC(C)CN(CSc1ccccc1)C[C@@H](OC(=O)OC1=CCC([N+](=O)[O-])C=C1)[C@H](Cc1ccccc1)NC(O)C1C[C@@]12CCOC2. The quantitative estimate of drug-likeness (QED) is 0.0774. The highest BCUT2D eigenvalue weighted by Gasteiger charge is 2.59. The Hall–Kier alpha value is -3.22. The normalized spacial score (nSPS) is 24.1. The molecule has 0 aromatic heterocycles. The van der Waals surface area contributed by atoms with Crippen LogP contribution in [0.3, 0.4) is 0 Å². The molecular formula is C35H45N3O7S. The lowest BCUT2D eigenvalue weighted by Gasteiger charge is -2.34. The van der Waals surface area contributed by atoms with Crippen molar-refractivity contribution in [2.24, 2.45) is 17.3 Å². The molecule has 0 amide bonds. The van der Waals surface area contributed by atoms with Crippen LogP contribution in [0.1, 0.15) is 38.7 Å². The van der Waals surface area contributed by atoms with Crippen molar-refractivity contribution in [1.29, 1.82) is 0 Å². The van der Waals surface area contributed by atoms with Gasteiger partial charge < -0.3 is 19.3 Å². The van der Waals surface area contributed by atoms with Crippen LogP contribution in [0.2, 0.25) is 0 Å². The van der Waals surface area contributed by atoms with Crippen LogP contribution in [0.5, 0.6) is 0 Å². The Balaban J connectivity index is 1.36. The number of hydrogen-bond acceptors (Lipinski definition) is 10. The topological polar surface area (TPSA) is 123 Å². The molecule has 248 valence electrons. The number of benzene rings is 2. The Morgan fingerprint density at radius 1 is 1.17 bits per heavy atom. The summed E-state index contributed by atoms with van der Waals surface area (Å²) in [6.45, 7) is 6.86. The van der Waals surface area contributed by atoms with Gasteiger partial charge in [0.2, 0.25) is 6.04 Å². The number of hydrogen-bond donors (Lipinski definition) is 2. The molecule has 3 aliphatic rings. The highest BCUT2D eigenvalue weighted by molar-refractivity contribution is 7.99. The fourth-order valence-corrected chi connectivity index (χ4v) is 7.24. The third-order valence-corrected chi connectivity index (χ3v) is 9.98. The lowest BCUT2D eigenvalue weighted by molar-refractivity contribution is -0.508. The second kappa shape index (κ2) is 16.1. The van der Waals surface area contributed by atoms with E-state index in [1.807, 2.05) is 48.5 Å². The Labute approximate surface area is 275 Å². The van der Waals surface area contributed by atoms with Crippen molar-refractivity contribution in [2.45, 2.75) is 68.8 Å². The summed E-state index contributed by atoms with van der Waals surface area (Å²) in [5, 5.41) is 26.1. The van der Waals surface area contributed by atoms with Crippen LogP contribution in [-0.4, -0.2) is 77.7 Å². The smallest absolute Gasteiger partial charge is 0.428 e. The van der Waals surface area contributed by atoms with E-state index in [1.54, 1.807) is 11.8 Å². The molecule has 3 unspecified atom stereocenters. The predicted octanol–water partition coefficient (Wildman–Crippen LogP) is 5.65. The maximum absolute atomic E-state index is 13.3. The summed E-state index contributed by atoms with van der Waals surface area (Å²) in [4.78, 5) is 27.5. The fourth-order valence-electron chi connectivity index (χ4n) is 6.35. The monoisotopic (exact) mass is 651 g/mol. The first-order chi connectivity index (χ1) is 22.2. The molecule has 46 heavy (non-hydrogen) atoms. The zero-order chi connectivity index (χ0) is 32.5. The van der Waals surface area contributed by atoms with Crippen molar-refractivity contribution in [2.75, 3.05) is 32.2 Å². The van der Waals surface area contributed by atoms with Crippen molar-refractivity contribution in [3.63, 3.8) is 0 Å². The van der Waals surface area contributed by atoms with Crippen LogP contribution in [0.25, 0.3) is 0 Å². The number of nitrogens with zero attached hydrogens (tertiary/aromatic N) is 2. The molecule has 2 aliphatic carbocycles. The lowest BCUT2D eigenvalue weighted by Crippen LogP contribution is -2.53. The van der Waals surface area contributed by atoms with E-state index in [0.717, 1.165) is 29.8 Å². The summed E-state index contributed by atoms with van der Waals surface area (Å²) in [6, 6.07) is 18.9. The van der Waals surface area contributed by atoms with Crippen LogP contribution in [0.4, 0.5) is 4.79 Å². The summed E-state index contributed by atoms with van der Waals surface area (Å²) in [7, 11) is 0. The first kappa shape index (κ1) is 34.1. The number of ether oxygens (including phenoxy) is 3. The van der Waals surface area contributed by atoms with Gasteiger partial charge in [-0.05, 0) is 61.1 Å². The molecule has 1 saturated carbocycles. The molecule has 1 saturated heterocycles. The first-order valence-electron chi connectivity index (χ1n) is 16.1. The summed E-state index contributed by atoms with van der Waals surface area (Å²) >= 11 is 1.72. The standard InChI is InChI=1S/C35H45N3O7S/c1-25(2)21-37(24-46-29-11-7-4-8-12-29)22-32(45-34(40)44-28-15-13-27(14-16-28)38(41)42)31(19-26-9-5-3-6-10-26)36-33(39)30-20-35(30)17-18-43-23-35/h3-13,15-16,25,27,30-33,36,39H,14,17-24H2,1-2H3/t27?,30?,31-,32+,33?,35+/m0/s1. The van der Waals surface area contributed by atoms with E-state index in [9.17, 15) is 20.0 Å². The average Bonchev–Trinajstić information content (AvgIpc) is 3.55. The Kier molecular flexibility index (Phi) is 11.9. The number of nitrogens with one attached hydrogen (secondary N) is 1. The van der Waals surface area contributed by atoms with Crippen molar-refractivity contribution in [3.05, 3.63) is 100 Å². The van der Waals surface area contributed by atoms with Gasteiger partial charge in [-0.25, -0.2) is 4.79 Å². The third-order valence-electron chi connectivity index (χ3n) is 8.88. The lowest BCUT2D eigenvalue weighted by atomic mass is 9.98. The van der Waals surface area contributed by atoms with Gasteiger partial charge in [-0.15, -0.1) is 11.8 Å². The van der Waals surface area contributed by atoms with E-state index in [1.165, 1.54) is 18.2 Å². The van der Waals surface area contributed by atoms with Crippen molar-refractivity contribution in [1.82, 2.24) is 10.2 Å². The average molecular weight is 652 g/mol. The number of thioether (sulfide) groups is 1. The fraction of sp³-hybridized carbons (Fsp3) is 0.514. The van der Waals surface area contributed by atoms with Crippen molar-refractivity contribution in [3.8, 4) is 0 Å². The highest BCUT2D eigenvalue weighted by atomic mass is 32.2. The van der Waals surface area contributed by atoms with Gasteiger partial charge in [0.05, 0.1) is 12.6 Å². The molecule has 5 rings (SSSR count). The Morgan fingerprint density at radius 3 is 2.54 bits per heavy atom. The van der Waals surface area contributed by atoms with E-state index < -0.39 is 30.6 Å². The van der Waals surface area contributed by atoms with Crippen LogP contribution >= 0.6 is 11.8 Å². The minimum Gasteiger partial charge on any atom is -0.428 e. The second-order valence-corrected chi connectivity index (χ2v) is 14.0. The number of carbonyl (C=O) groups excluding carboxylic acids is 1. The molecule has 2 N–H and O–H groups in total. The molecule has 0 radical (unpaired) electrons. The highest BCUT2D eigenvalue weighted by Crippen LogP contribution is 2.59. The number of allylic oxidation sites excluding steroid dienone is 1. The number of rotatable bonds is 16. The third kappa shape index (κ3) is 9.65. The van der Waals surface area contributed by atoms with Crippen LogP contribution < -0.4 is 5.32 Å². The predicted molar refractivity (Wildman–Crippen MR) is 177 cm³/mol. The van der Waals surface area contributed by atoms with Gasteiger partial charge in [0.15, 0.2) is 0 Å². The molecule has 0 bridgehead atoms. The van der Waals surface area contributed by atoms with Gasteiger partial charge >= 0.3 is 6.16 Å². The van der Waals surface area contributed by atoms with Crippen LogP contribution in [0, 0.1) is 27.4 Å². The van der Waals surface area contributed by atoms with E-state index in [-0.39, 0.29) is 28.4 Å². The number of aliphatic hydroxyl groups excluding tert-OH is 1. The largest absolute Gasteiger partial charge is 0.514 e. The molecule has 10 nitrogen and oxygen atoms in total. The van der Waals surface area contributed by atoms with Gasteiger partial charge in [-0.3, -0.25) is 20.3 Å². The summed E-state index contributed by atoms with van der Waals surface area (Å²) in [6.07, 6.45) is 4.49. The van der Waals surface area contributed by atoms with E-state index in [4.69, 9.17) is 14.2 Å². The van der Waals surface area contributed by atoms with Gasteiger partial charge in [0, 0.05) is 53.1 Å². The minimum atomic E-state index is -0.887. The maximum atomic E-state index is 13.3. The Morgan fingerprint density at radius 2 is 1.91 bits per heavy atom. The summed E-state index contributed by atoms with van der Waals surface area (Å²) in [5.41, 5.74) is 1.05. The number of aliphatic hydroxyl groups is 1. The second-order valence-electron chi connectivity index (χ2n) is 13.0.